The summed E-state index contributed by atoms with van der Waals surface area (Å²) in [7, 11) is 0. The van der Waals surface area contributed by atoms with Crippen molar-refractivity contribution in [3.63, 3.8) is 0 Å². The highest BCUT2D eigenvalue weighted by atomic mass is 32.2. The van der Waals surface area contributed by atoms with Gasteiger partial charge >= 0.3 is 0 Å². The molecule has 2 heterocycles. The van der Waals surface area contributed by atoms with E-state index in [1.165, 1.54) is 0 Å². The molecular weight excluding hydrogens is 308 g/mol. The molecule has 122 valence electrons. The molecule has 0 atom stereocenters. The number of nitrogens with zero attached hydrogens (tertiary/aromatic N) is 4. The number of rotatable bonds is 7. The molecule has 3 rings (SSSR count). The molecule has 6 heteroatoms. The van der Waals surface area contributed by atoms with Crippen molar-refractivity contribution in [2.24, 2.45) is 0 Å². The summed E-state index contributed by atoms with van der Waals surface area (Å²) in [6.07, 6.45) is 12.3. The van der Waals surface area contributed by atoms with Crippen molar-refractivity contribution in [3.8, 4) is 0 Å². The van der Waals surface area contributed by atoms with Gasteiger partial charge in [-0.05, 0) is 32.1 Å². The molecule has 0 aliphatic heterocycles. The maximum Gasteiger partial charge on any atom is 0.257 e. The van der Waals surface area contributed by atoms with Gasteiger partial charge in [0.05, 0.1) is 12.0 Å². The molecule has 0 bridgehead atoms. The molecule has 2 aromatic rings. The van der Waals surface area contributed by atoms with Gasteiger partial charge in [-0.25, -0.2) is 9.97 Å². The third-order valence-corrected chi connectivity index (χ3v) is 5.06. The van der Waals surface area contributed by atoms with Crippen LogP contribution in [-0.2, 0) is 25.9 Å². The van der Waals surface area contributed by atoms with Gasteiger partial charge < -0.3 is 4.57 Å². The van der Waals surface area contributed by atoms with Crippen LogP contribution in [0.3, 0.4) is 0 Å². The minimum Gasteiger partial charge on any atom is -0.337 e. The lowest BCUT2D eigenvalue weighted by atomic mass is 9.97. The highest BCUT2D eigenvalue weighted by Crippen LogP contribution is 2.21. The lowest BCUT2D eigenvalue weighted by Crippen LogP contribution is -2.30. The first-order valence-electron chi connectivity index (χ1n) is 8.11. The van der Waals surface area contributed by atoms with Crippen LogP contribution in [0.4, 0.5) is 0 Å². The summed E-state index contributed by atoms with van der Waals surface area (Å²) in [4.78, 5) is 21.7. The first-order chi connectivity index (χ1) is 11.3. The van der Waals surface area contributed by atoms with Crippen LogP contribution < -0.4 is 5.56 Å². The molecule has 0 saturated carbocycles. The number of hydrogen-bond acceptors (Lipinski definition) is 4. The molecule has 0 spiro atoms. The average Bonchev–Trinajstić information content (AvgIpc) is 3.08. The summed E-state index contributed by atoms with van der Waals surface area (Å²) in [5.74, 6) is 0.771. The van der Waals surface area contributed by atoms with Crippen LogP contribution in [0.25, 0.3) is 0 Å². The third-order valence-electron chi connectivity index (χ3n) is 4.09. The van der Waals surface area contributed by atoms with E-state index in [1.54, 1.807) is 24.3 Å². The molecule has 1 aliphatic rings. The number of aromatic nitrogens is 4. The molecule has 0 unspecified atom stereocenters. The average molecular weight is 330 g/mol. The second kappa shape index (κ2) is 7.64. The number of thioether (sulfide) groups is 1. The van der Waals surface area contributed by atoms with E-state index in [1.807, 2.05) is 21.4 Å². The van der Waals surface area contributed by atoms with Gasteiger partial charge in [-0.2, -0.15) is 0 Å². The zero-order chi connectivity index (χ0) is 16.1. The fraction of sp³-hybridized carbons (Fsp3) is 0.471. The Morgan fingerprint density at radius 1 is 1.30 bits per heavy atom. The molecule has 23 heavy (non-hydrogen) atoms. The highest BCUT2D eigenvalue weighted by molar-refractivity contribution is 7.99. The zero-order valence-electron chi connectivity index (χ0n) is 13.3. The van der Waals surface area contributed by atoms with E-state index in [0.717, 1.165) is 60.8 Å². The van der Waals surface area contributed by atoms with Crippen LogP contribution in [0.5, 0.6) is 0 Å². The topological polar surface area (TPSA) is 52.7 Å². The summed E-state index contributed by atoms with van der Waals surface area (Å²) in [5, 5.41) is 0.834. The molecule has 0 amide bonds. The van der Waals surface area contributed by atoms with Crippen molar-refractivity contribution < 1.29 is 0 Å². The Balaban J connectivity index is 1.83. The smallest absolute Gasteiger partial charge is 0.257 e. The molecule has 0 saturated heterocycles. The largest absolute Gasteiger partial charge is 0.337 e. The highest BCUT2D eigenvalue weighted by Gasteiger charge is 2.19. The van der Waals surface area contributed by atoms with Crippen LogP contribution in [0, 0.1) is 0 Å². The Morgan fingerprint density at radius 2 is 2.17 bits per heavy atom. The maximum atomic E-state index is 12.9. The minimum atomic E-state index is 0.159. The fourth-order valence-electron chi connectivity index (χ4n) is 2.94. The second-order valence-electron chi connectivity index (χ2n) is 5.74. The Bertz CT molecular complexity index is 721. The maximum absolute atomic E-state index is 12.9. The van der Waals surface area contributed by atoms with Crippen molar-refractivity contribution >= 4 is 11.8 Å². The van der Waals surface area contributed by atoms with Crippen molar-refractivity contribution in [2.75, 3.05) is 5.75 Å². The Labute approximate surface area is 140 Å². The van der Waals surface area contributed by atoms with E-state index in [9.17, 15) is 4.79 Å². The molecule has 2 aromatic heterocycles. The molecule has 0 fully saturated rings. The first kappa shape index (κ1) is 16.1. The Kier molecular flexibility index (Phi) is 5.33. The lowest BCUT2D eigenvalue weighted by molar-refractivity contribution is 0.496. The number of aryl methyl sites for hydroxylation is 2. The predicted octanol–water partition coefficient (Wildman–Crippen LogP) is 2.69. The van der Waals surface area contributed by atoms with Gasteiger partial charge in [0, 0.05) is 36.8 Å². The van der Waals surface area contributed by atoms with Crippen molar-refractivity contribution in [1.82, 2.24) is 19.1 Å². The predicted molar refractivity (Wildman–Crippen MR) is 92.9 cm³/mol. The van der Waals surface area contributed by atoms with Gasteiger partial charge in [0.2, 0.25) is 0 Å². The van der Waals surface area contributed by atoms with Gasteiger partial charge in [-0.15, -0.1) is 6.58 Å². The summed E-state index contributed by atoms with van der Waals surface area (Å²) in [6.45, 7) is 5.31. The number of fused-ring (bicyclic) bond motifs is 1. The van der Waals surface area contributed by atoms with Gasteiger partial charge in [0.25, 0.3) is 5.56 Å². The van der Waals surface area contributed by atoms with Crippen LogP contribution in [0.15, 0.2) is 41.3 Å². The standard InChI is InChI=1S/C17H22N4OS/c1-2-12-23-17-19-15-7-4-3-6-14(15)16(22)21(17)10-5-9-20-11-8-18-13-20/h2,8,11,13H,1,3-7,9-10,12H2. The summed E-state index contributed by atoms with van der Waals surface area (Å²) < 4.78 is 3.89. The quantitative estimate of drug-likeness (QED) is 0.445. The molecule has 0 aromatic carbocycles. The fourth-order valence-corrected chi connectivity index (χ4v) is 3.71. The van der Waals surface area contributed by atoms with Crippen molar-refractivity contribution in [1.29, 1.82) is 0 Å². The molecule has 1 aliphatic carbocycles. The lowest BCUT2D eigenvalue weighted by Gasteiger charge is -2.19. The summed E-state index contributed by atoms with van der Waals surface area (Å²) >= 11 is 1.60. The first-order valence-corrected chi connectivity index (χ1v) is 9.10. The zero-order valence-corrected chi connectivity index (χ0v) is 14.1. The van der Waals surface area contributed by atoms with Crippen LogP contribution in [0.1, 0.15) is 30.5 Å². The van der Waals surface area contributed by atoms with E-state index < -0.39 is 0 Å². The summed E-state index contributed by atoms with van der Waals surface area (Å²) in [6, 6.07) is 0. The number of imidazole rings is 1. The molecule has 5 nitrogen and oxygen atoms in total. The van der Waals surface area contributed by atoms with Gasteiger partial charge in [0.15, 0.2) is 5.16 Å². The van der Waals surface area contributed by atoms with E-state index >= 15 is 0 Å². The Morgan fingerprint density at radius 3 is 2.96 bits per heavy atom. The minimum absolute atomic E-state index is 0.159. The van der Waals surface area contributed by atoms with E-state index in [-0.39, 0.29) is 5.56 Å². The van der Waals surface area contributed by atoms with E-state index in [0.29, 0.717) is 6.54 Å². The summed E-state index contributed by atoms with van der Waals surface area (Å²) in [5.41, 5.74) is 2.10. The number of hydrogen-bond donors (Lipinski definition) is 0. The van der Waals surface area contributed by atoms with Crippen molar-refractivity contribution in [2.45, 2.75) is 50.4 Å². The molecule has 0 N–H and O–H groups in total. The van der Waals surface area contributed by atoms with Crippen molar-refractivity contribution in [3.05, 3.63) is 53.0 Å². The Hall–Kier alpha value is -1.82. The van der Waals surface area contributed by atoms with Crippen LogP contribution in [-0.4, -0.2) is 24.9 Å². The molecular formula is C17H22N4OS. The van der Waals surface area contributed by atoms with Gasteiger partial charge in [-0.3, -0.25) is 9.36 Å². The van der Waals surface area contributed by atoms with Crippen LogP contribution in [0.2, 0.25) is 0 Å². The van der Waals surface area contributed by atoms with Gasteiger partial charge in [-0.1, -0.05) is 17.8 Å². The van der Waals surface area contributed by atoms with E-state index in [2.05, 4.69) is 11.6 Å². The van der Waals surface area contributed by atoms with E-state index in [4.69, 9.17) is 4.98 Å². The van der Waals surface area contributed by atoms with Crippen LogP contribution >= 0.6 is 11.8 Å². The second-order valence-corrected chi connectivity index (χ2v) is 6.72. The normalized spacial score (nSPS) is 13.7. The third kappa shape index (κ3) is 3.75. The molecule has 0 radical (unpaired) electrons. The van der Waals surface area contributed by atoms with Gasteiger partial charge in [0.1, 0.15) is 0 Å². The monoisotopic (exact) mass is 330 g/mol. The SMILES string of the molecule is C=CCSc1nc2c(c(=O)n1CCCn1ccnc1)CCCC2.